The second-order valence-electron chi connectivity index (χ2n) is 5.47. The molecular weight excluding hydrogens is 281 g/mol. The van der Waals surface area contributed by atoms with Gasteiger partial charge in [0.1, 0.15) is 11.6 Å². The van der Waals surface area contributed by atoms with Gasteiger partial charge in [-0.2, -0.15) is 0 Å². The van der Waals surface area contributed by atoms with Gasteiger partial charge >= 0.3 is 0 Å². The third kappa shape index (κ3) is 3.30. The molecular formula is C17H18FN3O. The predicted molar refractivity (Wildman–Crippen MR) is 80.4 cm³/mol. The number of likely N-dealkylation sites (tertiary alicyclic amines) is 1. The lowest BCUT2D eigenvalue weighted by molar-refractivity contribution is -0.132. The number of amides is 1. The van der Waals surface area contributed by atoms with Crippen molar-refractivity contribution in [3.63, 3.8) is 0 Å². The molecule has 1 fully saturated rings. The Kier molecular flexibility index (Phi) is 4.42. The molecule has 4 nitrogen and oxygen atoms in total. The minimum atomic E-state index is -0.255. The first-order chi connectivity index (χ1) is 10.7. The molecule has 22 heavy (non-hydrogen) atoms. The molecule has 0 N–H and O–H groups in total. The van der Waals surface area contributed by atoms with Crippen LogP contribution in [0, 0.1) is 5.82 Å². The van der Waals surface area contributed by atoms with Crippen LogP contribution in [0.25, 0.3) is 0 Å². The van der Waals surface area contributed by atoms with Crippen LogP contribution in [-0.4, -0.2) is 27.3 Å². The van der Waals surface area contributed by atoms with E-state index in [9.17, 15) is 9.18 Å². The van der Waals surface area contributed by atoms with Crippen molar-refractivity contribution < 1.29 is 9.18 Å². The molecule has 2 heterocycles. The quantitative estimate of drug-likeness (QED) is 0.872. The van der Waals surface area contributed by atoms with Gasteiger partial charge in [0.25, 0.3) is 0 Å². The lowest BCUT2D eigenvalue weighted by atomic mass is 10.0. The minimum absolute atomic E-state index is 0.0140. The van der Waals surface area contributed by atoms with Crippen molar-refractivity contribution in [2.75, 3.05) is 6.54 Å². The average molecular weight is 299 g/mol. The van der Waals surface area contributed by atoms with Crippen LogP contribution in [0.5, 0.6) is 0 Å². The molecule has 0 radical (unpaired) electrons. The number of carbonyl (C=O) groups is 1. The number of halogens is 1. The number of aryl methyl sites for hydroxylation is 1. The Morgan fingerprint density at radius 1 is 1.27 bits per heavy atom. The zero-order chi connectivity index (χ0) is 15.4. The summed E-state index contributed by atoms with van der Waals surface area (Å²) in [7, 11) is 0. The van der Waals surface area contributed by atoms with E-state index < -0.39 is 0 Å². The van der Waals surface area contributed by atoms with Crippen molar-refractivity contribution in [1.82, 2.24) is 14.9 Å². The topological polar surface area (TPSA) is 46.1 Å². The predicted octanol–water partition coefficient (Wildman–Crippen LogP) is 2.91. The smallest absolute Gasteiger partial charge is 0.223 e. The molecule has 1 aromatic heterocycles. The van der Waals surface area contributed by atoms with Crippen LogP contribution in [0.4, 0.5) is 4.39 Å². The second-order valence-corrected chi connectivity index (χ2v) is 5.47. The fourth-order valence-electron chi connectivity index (χ4n) is 2.95. The number of rotatable bonds is 4. The summed E-state index contributed by atoms with van der Waals surface area (Å²) in [5.74, 6) is 0.506. The Morgan fingerprint density at radius 3 is 2.86 bits per heavy atom. The van der Waals surface area contributed by atoms with Gasteiger partial charge in [0.15, 0.2) is 0 Å². The van der Waals surface area contributed by atoms with Gasteiger partial charge in [0.2, 0.25) is 5.91 Å². The molecule has 1 aromatic carbocycles. The molecule has 5 heteroatoms. The molecule has 1 aliphatic heterocycles. The van der Waals surface area contributed by atoms with E-state index >= 15 is 0 Å². The molecule has 0 aliphatic carbocycles. The van der Waals surface area contributed by atoms with Gasteiger partial charge in [-0.3, -0.25) is 4.79 Å². The zero-order valence-electron chi connectivity index (χ0n) is 12.3. The normalized spacial score (nSPS) is 17.7. The lowest BCUT2D eigenvalue weighted by Gasteiger charge is -2.25. The summed E-state index contributed by atoms with van der Waals surface area (Å²) >= 11 is 0. The van der Waals surface area contributed by atoms with E-state index in [1.165, 1.54) is 12.1 Å². The van der Waals surface area contributed by atoms with Gasteiger partial charge in [-0.15, -0.1) is 0 Å². The van der Waals surface area contributed by atoms with Gasteiger partial charge in [-0.25, -0.2) is 14.4 Å². The average Bonchev–Trinajstić information content (AvgIpc) is 3.03. The number of hydrogen-bond donors (Lipinski definition) is 0. The van der Waals surface area contributed by atoms with Crippen LogP contribution in [0.1, 0.15) is 36.7 Å². The molecule has 1 amide bonds. The summed E-state index contributed by atoms with van der Waals surface area (Å²) < 4.78 is 13.4. The van der Waals surface area contributed by atoms with Crippen LogP contribution in [-0.2, 0) is 11.2 Å². The SMILES string of the molecule is O=C(CCc1ncccn1)N1CCCC1c1cccc(F)c1. The summed E-state index contributed by atoms with van der Waals surface area (Å²) in [5, 5.41) is 0. The highest BCUT2D eigenvalue weighted by atomic mass is 19.1. The highest BCUT2D eigenvalue weighted by molar-refractivity contribution is 5.77. The van der Waals surface area contributed by atoms with Gasteiger partial charge in [0.05, 0.1) is 6.04 Å². The molecule has 0 spiro atoms. The first-order valence-corrected chi connectivity index (χ1v) is 7.55. The van der Waals surface area contributed by atoms with Crippen molar-refractivity contribution in [2.45, 2.75) is 31.7 Å². The highest BCUT2D eigenvalue weighted by Crippen LogP contribution is 2.32. The standard InChI is InChI=1S/C17H18FN3O/c18-14-5-1-4-13(12-14)15-6-2-11-21(15)17(22)8-7-16-19-9-3-10-20-16/h1,3-5,9-10,12,15H,2,6-8,11H2. The van der Waals surface area contributed by atoms with E-state index in [-0.39, 0.29) is 17.8 Å². The fourth-order valence-corrected chi connectivity index (χ4v) is 2.95. The third-order valence-electron chi connectivity index (χ3n) is 3.99. The maximum Gasteiger partial charge on any atom is 0.223 e. The van der Waals surface area contributed by atoms with E-state index in [0.29, 0.717) is 18.7 Å². The highest BCUT2D eigenvalue weighted by Gasteiger charge is 2.29. The molecule has 1 atom stereocenters. The molecule has 1 saturated heterocycles. The van der Waals surface area contributed by atoms with Crippen LogP contribution in [0.3, 0.4) is 0 Å². The summed E-state index contributed by atoms with van der Waals surface area (Å²) in [6.07, 6.45) is 6.12. The summed E-state index contributed by atoms with van der Waals surface area (Å²) in [5.41, 5.74) is 0.877. The van der Waals surface area contributed by atoms with E-state index in [0.717, 1.165) is 24.9 Å². The summed E-state index contributed by atoms with van der Waals surface area (Å²) in [6, 6.07) is 8.28. The second kappa shape index (κ2) is 6.64. The largest absolute Gasteiger partial charge is 0.336 e. The molecule has 1 unspecified atom stereocenters. The summed E-state index contributed by atoms with van der Waals surface area (Å²) in [6.45, 7) is 0.732. The molecule has 114 valence electrons. The first kappa shape index (κ1) is 14.6. The lowest BCUT2D eigenvalue weighted by Crippen LogP contribution is -2.30. The van der Waals surface area contributed by atoms with Crippen molar-refractivity contribution in [2.24, 2.45) is 0 Å². The van der Waals surface area contributed by atoms with Gasteiger partial charge in [-0.1, -0.05) is 12.1 Å². The fraction of sp³-hybridized carbons (Fsp3) is 0.353. The minimum Gasteiger partial charge on any atom is -0.336 e. The monoisotopic (exact) mass is 299 g/mol. The summed E-state index contributed by atoms with van der Waals surface area (Å²) in [4.78, 5) is 22.6. The zero-order valence-corrected chi connectivity index (χ0v) is 12.3. The Morgan fingerprint density at radius 2 is 2.09 bits per heavy atom. The van der Waals surface area contributed by atoms with Crippen LogP contribution in [0.15, 0.2) is 42.7 Å². The van der Waals surface area contributed by atoms with Crippen molar-refractivity contribution in [3.05, 3.63) is 59.9 Å². The number of aromatic nitrogens is 2. The number of carbonyl (C=O) groups excluding carboxylic acids is 1. The van der Waals surface area contributed by atoms with E-state index in [2.05, 4.69) is 9.97 Å². The van der Waals surface area contributed by atoms with Crippen LogP contribution in [0.2, 0.25) is 0 Å². The number of benzene rings is 1. The maximum atomic E-state index is 13.4. The number of hydrogen-bond acceptors (Lipinski definition) is 3. The van der Waals surface area contributed by atoms with E-state index in [1.54, 1.807) is 24.5 Å². The number of nitrogens with zero attached hydrogens (tertiary/aromatic N) is 3. The molecule has 0 bridgehead atoms. The van der Waals surface area contributed by atoms with Crippen molar-refractivity contribution in [3.8, 4) is 0 Å². The molecule has 2 aromatic rings. The van der Waals surface area contributed by atoms with Crippen LogP contribution >= 0.6 is 0 Å². The van der Waals surface area contributed by atoms with E-state index in [4.69, 9.17) is 0 Å². The molecule has 3 rings (SSSR count). The molecule has 1 aliphatic rings. The van der Waals surface area contributed by atoms with E-state index in [1.807, 2.05) is 11.0 Å². The maximum absolute atomic E-state index is 13.4. The van der Waals surface area contributed by atoms with Crippen molar-refractivity contribution in [1.29, 1.82) is 0 Å². The van der Waals surface area contributed by atoms with Gasteiger partial charge in [0, 0.05) is 31.8 Å². The third-order valence-corrected chi connectivity index (χ3v) is 3.99. The Hall–Kier alpha value is -2.30. The Bertz CT molecular complexity index is 647. The Labute approximate surface area is 129 Å². The van der Waals surface area contributed by atoms with Gasteiger partial charge < -0.3 is 4.90 Å². The van der Waals surface area contributed by atoms with Crippen molar-refractivity contribution >= 4 is 5.91 Å². The first-order valence-electron chi connectivity index (χ1n) is 7.55. The van der Waals surface area contributed by atoms with Crippen LogP contribution < -0.4 is 0 Å². The van der Waals surface area contributed by atoms with Gasteiger partial charge in [-0.05, 0) is 36.6 Å². The Balaban J connectivity index is 1.66. The molecule has 0 saturated carbocycles.